The quantitative estimate of drug-likeness (QED) is 0.504. The number of amides is 1. The molecule has 0 fully saturated rings. The number of benzene rings is 1. The molecule has 1 rings (SSSR count). The molecule has 0 spiro atoms. The largest absolute Gasteiger partial charge is 0.481 e. The fourth-order valence-corrected chi connectivity index (χ4v) is 1.49. The van der Waals surface area contributed by atoms with E-state index in [1.807, 2.05) is 0 Å². The molecule has 108 valence electrons. The lowest BCUT2D eigenvalue weighted by Crippen LogP contribution is -2.43. The van der Waals surface area contributed by atoms with Crippen LogP contribution in [0.2, 0.25) is 0 Å². The Morgan fingerprint density at radius 2 is 2.10 bits per heavy atom. The van der Waals surface area contributed by atoms with Crippen LogP contribution < -0.4 is 11.1 Å². The fraction of sp³-hybridized carbons (Fsp3) is 0.308. The molecular formula is C13H16N2O5. The zero-order valence-corrected chi connectivity index (χ0v) is 11.0. The van der Waals surface area contributed by atoms with Crippen LogP contribution in [0.25, 0.3) is 0 Å². The van der Waals surface area contributed by atoms with Gasteiger partial charge in [0.25, 0.3) is 5.91 Å². The number of hydrogen-bond donors (Lipinski definition) is 3. The van der Waals surface area contributed by atoms with Crippen molar-refractivity contribution in [2.24, 2.45) is 5.73 Å². The van der Waals surface area contributed by atoms with Gasteiger partial charge in [0.2, 0.25) is 0 Å². The monoisotopic (exact) mass is 280 g/mol. The van der Waals surface area contributed by atoms with Crippen molar-refractivity contribution < 1.29 is 24.2 Å². The molecule has 4 N–H and O–H groups in total. The molecule has 0 saturated heterocycles. The predicted octanol–water partition coefficient (Wildman–Crippen LogP) is 0.143. The van der Waals surface area contributed by atoms with Gasteiger partial charge in [-0.25, -0.2) is 4.79 Å². The highest BCUT2D eigenvalue weighted by molar-refractivity contribution is 6.08. The number of carboxylic acid groups (broad SMARTS) is 1. The lowest BCUT2D eigenvalue weighted by atomic mass is 10.1. The van der Waals surface area contributed by atoms with Crippen molar-refractivity contribution in [3.8, 4) is 0 Å². The second-order valence-corrected chi connectivity index (χ2v) is 3.99. The number of nitrogens with two attached hydrogens (primary N) is 1. The van der Waals surface area contributed by atoms with E-state index in [-0.39, 0.29) is 13.0 Å². The number of carbonyl (C=O) groups is 3. The third-order valence-electron chi connectivity index (χ3n) is 2.37. The van der Waals surface area contributed by atoms with Gasteiger partial charge in [-0.3, -0.25) is 9.59 Å². The summed E-state index contributed by atoms with van der Waals surface area (Å²) < 4.78 is 4.64. The van der Waals surface area contributed by atoms with E-state index in [1.54, 1.807) is 25.1 Å². The normalized spacial score (nSPS) is 11.5. The summed E-state index contributed by atoms with van der Waals surface area (Å²) in [6.45, 7) is 1.74. The van der Waals surface area contributed by atoms with Crippen LogP contribution in [0, 0.1) is 0 Å². The van der Waals surface area contributed by atoms with Gasteiger partial charge in [-0.1, -0.05) is 12.1 Å². The number of ether oxygens (including phenoxy) is 1. The van der Waals surface area contributed by atoms with Crippen LogP contribution in [0.1, 0.15) is 12.5 Å². The van der Waals surface area contributed by atoms with Crippen molar-refractivity contribution in [2.75, 3.05) is 11.9 Å². The van der Waals surface area contributed by atoms with E-state index in [0.29, 0.717) is 11.3 Å². The summed E-state index contributed by atoms with van der Waals surface area (Å²) >= 11 is 0. The van der Waals surface area contributed by atoms with Crippen molar-refractivity contribution in [2.45, 2.75) is 19.4 Å². The Morgan fingerprint density at radius 3 is 2.70 bits per heavy atom. The highest BCUT2D eigenvalue weighted by Crippen LogP contribution is 2.11. The third kappa shape index (κ3) is 4.69. The number of hydrogen-bond acceptors (Lipinski definition) is 5. The van der Waals surface area contributed by atoms with Crippen LogP contribution in [0.5, 0.6) is 0 Å². The topological polar surface area (TPSA) is 119 Å². The first-order valence-electron chi connectivity index (χ1n) is 5.98. The van der Waals surface area contributed by atoms with E-state index < -0.39 is 23.9 Å². The van der Waals surface area contributed by atoms with Crippen LogP contribution in [0.3, 0.4) is 0 Å². The van der Waals surface area contributed by atoms with Gasteiger partial charge in [0.1, 0.15) is 0 Å². The van der Waals surface area contributed by atoms with Crippen molar-refractivity contribution in [1.29, 1.82) is 0 Å². The summed E-state index contributed by atoms with van der Waals surface area (Å²) in [4.78, 5) is 33.6. The van der Waals surface area contributed by atoms with Crippen molar-refractivity contribution in [3.05, 3.63) is 29.8 Å². The van der Waals surface area contributed by atoms with Crippen LogP contribution in [-0.4, -0.2) is 35.6 Å². The molecule has 0 aliphatic heterocycles. The van der Waals surface area contributed by atoms with Gasteiger partial charge in [-0.2, -0.15) is 0 Å². The van der Waals surface area contributed by atoms with Crippen LogP contribution in [0.4, 0.5) is 5.69 Å². The van der Waals surface area contributed by atoms with Gasteiger partial charge < -0.3 is 20.9 Å². The molecule has 1 amide bonds. The fourth-order valence-electron chi connectivity index (χ4n) is 1.49. The molecule has 0 saturated carbocycles. The molecule has 1 atom stereocenters. The number of aliphatic carboxylic acids is 1. The minimum absolute atomic E-state index is 0.133. The summed E-state index contributed by atoms with van der Waals surface area (Å²) in [7, 11) is 0. The summed E-state index contributed by atoms with van der Waals surface area (Å²) in [6, 6.07) is 4.88. The van der Waals surface area contributed by atoms with Crippen molar-refractivity contribution in [1.82, 2.24) is 0 Å². The Bertz CT molecular complexity index is 515. The Hall–Kier alpha value is -2.41. The zero-order valence-electron chi connectivity index (χ0n) is 11.0. The molecule has 20 heavy (non-hydrogen) atoms. The average Bonchev–Trinajstić information content (AvgIpc) is 2.37. The number of anilines is 1. The first-order chi connectivity index (χ1) is 9.43. The number of carbonyl (C=O) groups excluding carboxylic acids is 2. The van der Waals surface area contributed by atoms with Crippen molar-refractivity contribution in [3.63, 3.8) is 0 Å². The van der Waals surface area contributed by atoms with Gasteiger partial charge in [0.05, 0.1) is 13.0 Å². The minimum Gasteiger partial charge on any atom is -0.481 e. The Balaban J connectivity index is 2.70. The van der Waals surface area contributed by atoms with Crippen molar-refractivity contribution >= 4 is 23.5 Å². The molecule has 1 aromatic carbocycles. The molecule has 7 nitrogen and oxygen atoms in total. The maximum Gasteiger partial charge on any atom is 0.332 e. The minimum atomic E-state index is -1.42. The van der Waals surface area contributed by atoms with E-state index in [1.165, 1.54) is 6.07 Å². The maximum atomic E-state index is 11.7. The summed E-state index contributed by atoms with van der Waals surface area (Å²) in [5.74, 6) is -2.50. The van der Waals surface area contributed by atoms with E-state index in [4.69, 9.17) is 10.8 Å². The second kappa shape index (κ2) is 7.25. The highest BCUT2D eigenvalue weighted by Gasteiger charge is 2.23. The lowest BCUT2D eigenvalue weighted by molar-refractivity contribution is -0.147. The summed E-state index contributed by atoms with van der Waals surface area (Å²) in [5, 5.41) is 11.1. The van der Waals surface area contributed by atoms with Crippen LogP contribution in [-0.2, 0) is 25.5 Å². The van der Waals surface area contributed by atoms with E-state index in [2.05, 4.69) is 10.1 Å². The smallest absolute Gasteiger partial charge is 0.332 e. The first-order valence-corrected chi connectivity index (χ1v) is 5.98. The predicted molar refractivity (Wildman–Crippen MR) is 71.0 cm³/mol. The van der Waals surface area contributed by atoms with E-state index in [0.717, 1.165) is 0 Å². The average molecular weight is 280 g/mol. The Kier molecular flexibility index (Phi) is 5.67. The lowest BCUT2D eigenvalue weighted by Gasteiger charge is -2.11. The zero-order chi connectivity index (χ0) is 15.1. The number of rotatable bonds is 6. The second-order valence-electron chi connectivity index (χ2n) is 3.99. The van der Waals surface area contributed by atoms with E-state index in [9.17, 15) is 14.4 Å². The molecular weight excluding hydrogens is 264 g/mol. The van der Waals surface area contributed by atoms with Crippen LogP contribution >= 0.6 is 0 Å². The molecule has 0 aliphatic carbocycles. The van der Waals surface area contributed by atoms with Gasteiger partial charge in [-0.15, -0.1) is 0 Å². The molecule has 0 heterocycles. The SMILES string of the molecule is CCOC(=O)C(N)C(=O)Nc1cccc(CC(=O)O)c1. The molecule has 0 bridgehead atoms. The molecule has 0 aromatic heterocycles. The molecule has 1 aromatic rings. The first kappa shape index (κ1) is 15.6. The van der Waals surface area contributed by atoms with Crippen LogP contribution in [0.15, 0.2) is 24.3 Å². The summed E-state index contributed by atoms with van der Waals surface area (Å²) in [5.41, 5.74) is 6.33. The third-order valence-corrected chi connectivity index (χ3v) is 2.37. The summed E-state index contributed by atoms with van der Waals surface area (Å²) in [6.07, 6.45) is -0.159. The van der Waals surface area contributed by atoms with Gasteiger partial charge in [0.15, 0.2) is 6.04 Å². The molecule has 0 aliphatic rings. The van der Waals surface area contributed by atoms with Gasteiger partial charge >= 0.3 is 11.9 Å². The maximum absolute atomic E-state index is 11.7. The van der Waals surface area contributed by atoms with E-state index >= 15 is 0 Å². The highest BCUT2D eigenvalue weighted by atomic mass is 16.5. The standard InChI is InChI=1S/C13H16N2O5/c1-2-20-13(19)11(14)12(18)15-9-5-3-4-8(6-9)7-10(16)17/h3-6,11H,2,7,14H2,1H3,(H,15,18)(H,16,17). The molecule has 0 radical (unpaired) electrons. The molecule has 7 heteroatoms. The molecule has 1 unspecified atom stereocenters. The Labute approximate surface area is 115 Å². The van der Waals surface area contributed by atoms with Gasteiger partial charge in [-0.05, 0) is 24.6 Å². The Morgan fingerprint density at radius 1 is 1.40 bits per heavy atom. The van der Waals surface area contributed by atoms with Gasteiger partial charge in [0, 0.05) is 5.69 Å². The number of esters is 1. The number of nitrogens with one attached hydrogen (secondary N) is 1. The number of carboxylic acids is 1.